The average molecular weight is 338 g/mol. The Morgan fingerprint density at radius 3 is 2.08 bits per heavy atom. The first-order valence-corrected chi connectivity index (χ1v) is 8.64. The molecule has 3 aromatic rings. The number of fused-ring (bicyclic) bond motifs is 1. The van der Waals surface area contributed by atoms with Gasteiger partial charge in [0.1, 0.15) is 28.2 Å². The fraction of sp³-hybridized carbons (Fsp3) is 0.286. The SMILES string of the molecule is CCc1ccc(-c2cc(=O)c3c(O)c(CC)c(O)c(CC)c3o2)cc1. The van der Waals surface area contributed by atoms with Crippen LogP contribution in [0.15, 0.2) is 39.5 Å². The van der Waals surface area contributed by atoms with Gasteiger partial charge in [0.05, 0.1) is 0 Å². The molecule has 1 heterocycles. The minimum Gasteiger partial charge on any atom is -0.507 e. The number of aromatic hydroxyl groups is 2. The third kappa shape index (κ3) is 2.78. The molecule has 0 fully saturated rings. The molecule has 0 spiro atoms. The second kappa shape index (κ2) is 6.63. The van der Waals surface area contributed by atoms with Gasteiger partial charge >= 0.3 is 0 Å². The maximum atomic E-state index is 12.7. The van der Waals surface area contributed by atoms with Crippen LogP contribution >= 0.6 is 0 Å². The van der Waals surface area contributed by atoms with E-state index in [9.17, 15) is 15.0 Å². The minimum atomic E-state index is -0.308. The Morgan fingerprint density at radius 1 is 0.880 bits per heavy atom. The van der Waals surface area contributed by atoms with Crippen LogP contribution in [-0.4, -0.2) is 10.2 Å². The molecule has 0 bridgehead atoms. The monoisotopic (exact) mass is 338 g/mol. The van der Waals surface area contributed by atoms with Gasteiger partial charge in [-0.05, 0) is 24.8 Å². The van der Waals surface area contributed by atoms with Gasteiger partial charge in [-0.25, -0.2) is 0 Å². The van der Waals surface area contributed by atoms with Crippen molar-refractivity contribution >= 4 is 11.0 Å². The van der Waals surface area contributed by atoms with E-state index in [4.69, 9.17) is 4.42 Å². The highest BCUT2D eigenvalue weighted by atomic mass is 16.3. The van der Waals surface area contributed by atoms with Crippen molar-refractivity contribution in [3.05, 3.63) is 57.2 Å². The van der Waals surface area contributed by atoms with Crippen molar-refractivity contribution in [2.24, 2.45) is 0 Å². The summed E-state index contributed by atoms with van der Waals surface area (Å²) in [6.45, 7) is 5.79. The molecule has 3 rings (SSSR count). The van der Waals surface area contributed by atoms with Crippen molar-refractivity contribution < 1.29 is 14.6 Å². The van der Waals surface area contributed by atoms with Crippen molar-refractivity contribution in [2.75, 3.05) is 0 Å². The van der Waals surface area contributed by atoms with E-state index in [1.165, 1.54) is 11.6 Å². The van der Waals surface area contributed by atoms with E-state index in [0.29, 0.717) is 29.7 Å². The van der Waals surface area contributed by atoms with E-state index in [-0.39, 0.29) is 27.9 Å². The van der Waals surface area contributed by atoms with E-state index in [1.807, 2.05) is 38.1 Å². The Morgan fingerprint density at radius 2 is 1.52 bits per heavy atom. The van der Waals surface area contributed by atoms with Crippen molar-refractivity contribution in [1.82, 2.24) is 0 Å². The fourth-order valence-electron chi connectivity index (χ4n) is 3.19. The highest BCUT2D eigenvalue weighted by Gasteiger charge is 2.21. The Balaban J connectivity index is 2.33. The van der Waals surface area contributed by atoms with Gasteiger partial charge < -0.3 is 14.6 Å². The van der Waals surface area contributed by atoms with Gasteiger partial charge in [0, 0.05) is 22.8 Å². The number of phenolic OH excluding ortho intramolecular Hbond substituents is 2. The van der Waals surface area contributed by atoms with Gasteiger partial charge in [0.2, 0.25) is 0 Å². The van der Waals surface area contributed by atoms with Crippen molar-refractivity contribution in [1.29, 1.82) is 0 Å². The molecule has 0 atom stereocenters. The maximum absolute atomic E-state index is 12.7. The van der Waals surface area contributed by atoms with Crippen LogP contribution in [-0.2, 0) is 19.3 Å². The Kier molecular flexibility index (Phi) is 4.53. The maximum Gasteiger partial charge on any atom is 0.197 e. The molecule has 0 amide bonds. The molecule has 2 aromatic carbocycles. The van der Waals surface area contributed by atoms with Gasteiger partial charge in [0.15, 0.2) is 5.43 Å². The number of aryl methyl sites for hydroxylation is 2. The lowest BCUT2D eigenvalue weighted by molar-refractivity contribution is 0.437. The average Bonchev–Trinajstić information content (AvgIpc) is 2.62. The van der Waals surface area contributed by atoms with Crippen LogP contribution in [0.2, 0.25) is 0 Å². The second-order valence-electron chi connectivity index (χ2n) is 6.09. The summed E-state index contributed by atoms with van der Waals surface area (Å²) < 4.78 is 5.97. The first-order chi connectivity index (χ1) is 12.0. The predicted octanol–water partition coefficient (Wildman–Crippen LogP) is 4.56. The molecular formula is C21H22O4. The Labute approximate surface area is 146 Å². The van der Waals surface area contributed by atoms with Crippen LogP contribution < -0.4 is 5.43 Å². The van der Waals surface area contributed by atoms with Crippen LogP contribution in [0.25, 0.3) is 22.3 Å². The third-order valence-electron chi connectivity index (χ3n) is 4.67. The molecular weight excluding hydrogens is 316 g/mol. The molecule has 4 nitrogen and oxygen atoms in total. The number of rotatable bonds is 4. The minimum absolute atomic E-state index is 0.0108. The van der Waals surface area contributed by atoms with Gasteiger partial charge in [-0.15, -0.1) is 0 Å². The highest BCUT2D eigenvalue weighted by molar-refractivity contribution is 5.91. The summed E-state index contributed by atoms with van der Waals surface area (Å²) in [7, 11) is 0. The van der Waals surface area contributed by atoms with E-state index in [1.54, 1.807) is 0 Å². The van der Waals surface area contributed by atoms with Gasteiger partial charge in [-0.2, -0.15) is 0 Å². The van der Waals surface area contributed by atoms with E-state index in [2.05, 4.69) is 6.92 Å². The summed E-state index contributed by atoms with van der Waals surface area (Å²) in [6.07, 6.45) is 1.86. The van der Waals surface area contributed by atoms with E-state index < -0.39 is 0 Å². The van der Waals surface area contributed by atoms with Gasteiger partial charge in [-0.1, -0.05) is 45.0 Å². The smallest absolute Gasteiger partial charge is 0.197 e. The molecule has 0 radical (unpaired) electrons. The predicted molar refractivity (Wildman–Crippen MR) is 99.4 cm³/mol. The van der Waals surface area contributed by atoms with E-state index >= 15 is 0 Å². The molecule has 25 heavy (non-hydrogen) atoms. The summed E-state index contributed by atoms with van der Waals surface area (Å²) in [5, 5.41) is 21.0. The molecule has 2 N–H and O–H groups in total. The van der Waals surface area contributed by atoms with Crippen LogP contribution in [0.5, 0.6) is 11.5 Å². The number of hydrogen-bond donors (Lipinski definition) is 2. The molecule has 130 valence electrons. The lowest BCUT2D eigenvalue weighted by Crippen LogP contribution is -2.05. The fourth-order valence-corrected chi connectivity index (χ4v) is 3.19. The third-order valence-corrected chi connectivity index (χ3v) is 4.67. The largest absolute Gasteiger partial charge is 0.507 e. The van der Waals surface area contributed by atoms with Crippen LogP contribution in [0.3, 0.4) is 0 Å². The molecule has 0 aliphatic heterocycles. The Hall–Kier alpha value is -2.75. The zero-order chi connectivity index (χ0) is 18.1. The first kappa shape index (κ1) is 17.1. The summed E-state index contributed by atoms with van der Waals surface area (Å²) in [6, 6.07) is 9.22. The van der Waals surface area contributed by atoms with E-state index in [0.717, 1.165) is 12.0 Å². The normalized spacial score (nSPS) is 11.2. The lowest BCUT2D eigenvalue weighted by atomic mass is 9.98. The number of benzene rings is 2. The highest BCUT2D eigenvalue weighted by Crippen LogP contribution is 2.40. The summed E-state index contributed by atoms with van der Waals surface area (Å²) >= 11 is 0. The zero-order valence-electron chi connectivity index (χ0n) is 14.7. The second-order valence-corrected chi connectivity index (χ2v) is 6.09. The summed E-state index contributed by atoms with van der Waals surface area (Å²) in [5.74, 6) is 0.253. The summed E-state index contributed by atoms with van der Waals surface area (Å²) in [5.41, 5.74) is 2.88. The topological polar surface area (TPSA) is 70.7 Å². The first-order valence-electron chi connectivity index (χ1n) is 8.64. The van der Waals surface area contributed by atoms with Crippen molar-refractivity contribution in [2.45, 2.75) is 40.0 Å². The number of phenols is 2. The standard InChI is InChI=1S/C21H22O4/c1-4-12-7-9-13(10-8-12)17-11-16(22)18-20(24)14(5-2)19(23)15(6-3)21(18)25-17/h7-11,23-24H,4-6H2,1-3H3. The van der Waals surface area contributed by atoms with Gasteiger partial charge in [0.25, 0.3) is 0 Å². The molecule has 0 saturated heterocycles. The zero-order valence-corrected chi connectivity index (χ0v) is 14.7. The van der Waals surface area contributed by atoms with Crippen LogP contribution in [0.4, 0.5) is 0 Å². The van der Waals surface area contributed by atoms with Crippen LogP contribution in [0, 0.1) is 0 Å². The quantitative estimate of drug-likeness (QED) is 0.731. The Bertz CT molecular complexity index is 982. The molecule has 0 aliphatic carbocycles. The summed E-state index contributed by atoms with van der Waals surface area (Å²) in [4.78, 5) is 12.7. The molecule has 1 aromatic heterocycles. The molecule has 0 unspecified atom stereocenters. The lowest BCUT2D eigenvalue weighted by Gasteiger charge is -2.14. The molecule has 0 saturated carbocycles. The van der Waals surface area contributed by atoms with Crippen LogP contribution in [0.1, 0.15) is 37.5 Å². The van der Waals surface area contributed by atoms with Crippen molar-refractivity contribution in [3.63, 3.8) is 0 Å². The molecule has 4 heteroatoms. The van der Waals surface area contributed by atoms with Crippen molar-refractivity contribution in [3.8, 4) is 22.8 Å². The molecule has 0 aliphatic rings. The number of hydrogen-bond acceptors (Lipinski definition) is 4. The van der Waals surface area contributed by atoms with Gasteiger partial charge in [-0.3, -0.25) is 4.79 Å².